The number of benzene rings is 1. The average molecular weight is 525 g/mol. The van der Waals surface area contributed by atoms with Gasteiger partial charge in [0.15, 0.2) is 0 Å². The topological polar surface area (TPSA) is 112 Å². The van der Waals surface area contributed by atoms with Gasteiger partial charge in [0.1, 0.15) is 0 Å². The summed E-state index contributed by atoms with van der Waals surface area (Å²) in [5, 5.41) is 18.3. The zero-order chi connectivity index (χ0) is 25.8. The number of hydrogen-bond acceptors (Lipinski definition) is 5. The van der Waals surface area contributed by atoms with Crippen LogP contribution in [0, 0.1) is 11.8 Å². The second kappa shape index (κ2) is 15.2. The van der Waals surface area contributed by atoms with Crippen LogP contribution in [0.2, 0.25) is 5.02 Å². The molecule has 4 unspecified atom stereocenters. The lowest BCUT2D eigenvalue weighted by molar-refractivity contribution is -0.00852. The largest absolute Gasteiger partial charge is 0.465 e. The summed E-state index contributed by atoms with van der Waals surface area (Å²) in [6, 6.07) is 7.54. The van der Waals surface area contributed by atoms with Gasteiger partial charge in [-0.15, -0.1) is 0 Å². The number of rotatable bonds is 11. The predicted octanol–water partition coefficient (Wildman–Crippen LogP) is 3.88. The first-order chi connectivity index (χ1) is 17.5. The highest BCUT2D eigenvalue weighted by Crippen LogP contribution is 2.34. The molecule has 0 radical (unpaired) electrons. The van der Waals surface area contributed by atoms with Gasteiger partial charge >= 0.3 is 12.1 Å². The van der Waals surface area contributed by atoms with Crippen LogP contribution in [0.4, 0.5) is 9.59 Å². The van der Waals surface area contributed by atoms with E-state index >= 15 is 0 Å². The molecule has 9 nitrogen and oxygen atoms in total. The number of carbonyl (C=O) groups excluding carboxylic acids is 1. The summed E-state index contributed by atoms with van der Waals surface area (Å²) in [7, 11) is 1.91. The number of carbonyl (C=O) groups is 2. The minimum atomic E-state index is -1.08. The second-order valence-electron chi connectivity index (χ2n) is 9.80. The van der Waals surface area contributed by atoms with E-state index in [9.17, 15) is 9.59 Å². The minimum Gasteiger partial charge on any atom is -0.465 e. The Morgan fingerprint density at radius 2 is 2.14 bits per heavy atom. The molecular weight excluding hydrogens is 484 g/mol. The second-order valence-corrected chi connectivity index (χ2v) is 10.2. The van der Waals surface area contributed by atoms with Crippen LogP contribution in [0.3, 0.4) is 0 Å². The summed E-state index contributed by atoms with van der Waals surface area (Å²) >= 11 is 6.25. The van der Waals surface area contributed by atoms with E-state index in [1.165, 1.54) is 6.42 Å². The van der Waals surface area contributed by atoms with E-state index in [-0.39, 0.29) is 37.2 Å². The highest BCUT2D eigenvalue weighted by Gasteiger charge is 2.32. The third kappa shape index (κ3) is 9.42. The van der Waals surface area contributed by atoms with Gasteiger partial charge in [-0.2, -0.15) is 0 Å². The molecule has 2 heterocycles. The molecule has 0 spiro atoms. The van der Waals surface area contributed by atoms with Crippen molar-refractivity contribution in [1.29, 1.82) is 0 Å². The highest BCUT2D eigenvalue weighted by molar-refractivity contribution is 6.30. The molecule has 10 heteroatoms. The van der Waals surface area contributed by atoms with E-state index in [2.05, 4.69) is 16.0 Å². The van der Waals surface area contributed by atoms with Crippen LogP contribution >= 0.6 is 11.6 Å². The van der Waals surface area contributed by atoms with Gasteiger partial charge < -0.3 is 35.4 Å². The molecule has 1 aromatic rings. The first kappa shape index (κ1) is 28.5. The van der Waals surface area contributed by atoms with Crippen LogP contribution in [0.5, 0.6) is 0 Å². The first-order valence-corrected chi connectivity index (χ1v) is 13.5. The normalized spacial score (nSPS) is 22.3. The summed E-state index contributed by atoms with van der Waals surface area (Å²) in [5.74, 6) is 0.533. The molecule has 0 bridgehead atoms. The van der Waals surface area contributed by atoms with Crippen molar-refractivity contribution in [3.05, 3.63) is 34.9 Å². The molecule has 36 heavy (non-hydrogen) atoms. The fourth-order valence-corrected chi connectivity index (χ4v) is 5.44. The van der Waals surface area contributed by atoms with E-state index < -0.39 is 6.09 Å². The lowest BCUT2D eigenvalue weighted by atomic mass is 9.88. The van der Waals surface area contributed by atoms with Crippen LogP contribution in [0.1, 0.15) is 50.2 Å². The van der Waals surface area contributed by atoms with Crippen molar-refractivity contribution in [2.75, 3.05) is 53.0 Å². The number of likely N-dealkylation sites (N-methyl/N-ethyl adjacent to an activating group) is 1. The zero-order valence-electron chi connectivity index (χ0n) is 21.2. The molecule has 1 aromatic carbocycles. The number of piperidine rings is 1. The van der Waals surface area contributed by atoms with E-state index in [1.807, 2.05) is 36.2 Å². The molecule has 4 N–H and O–H groups in total. The minimum absolute atomic E-state index is 0.0386. The van der Waals surface area contributed by atoms with E-state index in [4.69, 9.17) is 26.2 Å². The standard InChI is InChI=1S/C26H41ClN4O5/c1-28-16-23(14-19-6-2-3-12-35-18-19)30-25(32)31-11-5-8-21(17-31)24(36-13-10-29-26(33)34)20-7-4-9-22(27)15-20/h4,7,9,15,19,21,23-24,28-29H,2-3,5-6,8,10-14,16-18H2,1H3,(H,30,32)(H,33,34). The number of carboxylic acid groups (broad SMARTS) is 1. The molecule has 0 aliphatic carbocycles. The quantitative estimate of drug-likeness (QED) is 0.327. The van der Waals surface area contributed by atoms with Gasteiger partial charge in [0.25, 0.3) is 0 Å². The van der Waals surface area contributed by atoms with Crippen LogP contribution in [-0.4, -0.2) is 81.2 Å². The molecule has 3 rings (SSSR count). The van der Waals surface area contributed by atoms with E-state index in [1.54, 1.807) is 0 Å². The molecule has 2 saturated heterocycles. The molecule has 0 aromatic heterocycles. The number of likely N-dealkylation sites (tertiary alicyclic amines) is 1. The Kier molecular flexibility index (Phi) is 12.1. The number of nitrogens with zero attached hydrogens (tertiary/aromatic N) is 1. The van der Waals surface area contributed by atoms with E-state index in [0.717, 1.165) is 50.9 Å². The smallest absolute Gasteiger partial charge is 0.404 e. The number of urea groups is 1. The van der Waals surface area contributed by atoms with Gasteiger partial charge in [-0.25, -0.2) is 9.59 Å². The van der Waals surface area contributed by atoms with Crippen molar-refractivity contribution < 1.29 is 24.2 Å². The summed E-state index contributed by atoms with van der Waals surface area (Å²) in [6.07, 6.45) is 4.73. The maximum atomic E-state index is 13.3. The van der Waals surface area contributed by atoms with Crippen molar-refractivity contribution in [3.8, 4) is 0 Å². The molecule has 2 aliphatic heterocycles. The van der Waals surface area contributed by atoms with Crippen LogP contribution in [-0.2, 0) is 9.47 Å². The Labute approximate surface area is 219 Å². The van der Waals surface area contributed by atoms with Gasteiger partial charge in [-0.3, -0.25) is 0 Å². The van der Waals surface area contributed by atoms with E-state index in [0.29, 0.717) is 30.6 Å². The van der Waals surface area contributed by atoms with Crippen LogP contribution < -0.4 is 16.0 Å². The van der Waals surface area contributed by atoms with Crippen molar-refractivity contribution in [2.24, 2.45) is 11.8 Å². The fourth-order valence-electron chi connectivity index (χ4n) is 5.24. The number of amides is 3. The maximum Gasteiger partial charge on any atom is 0.404 e. The molecule has 2 fully saturated rings. The van der Waals surface area contributed by atoms with Gasteiger partial charge in [0, 0.05) is 56.4 Å². The average Bonchev–Trinajstić information content (AvgIpc) is 3.13. The number of halogens is 1. The summed E-state index contributed by atoms with van der Waals surface area (Å²) in [5.41, 5.74) is 0.937. The number of ether oxygens (including phenoxy) is 2. The van der Waals surface area contributed by atoms with Crippen molar-refractivity contribution in [2.45, 2.75) is 50.7 Å². The molecule has 4 atom stereocenters. The number of hydrogen-bond donors (Lipinski definition) is 4. The van der Waals surface area contributed by atoms with Gasteiger partial charge in [0.2, 0.25) is 0 Å². The van der Waals surface area contributed by atoms with Crippen LogP contribution in [0.25, 0.3) is 0 Å². The van der Waals surface area contributed by atoms with Gasteiger partial charge in [0.05, 0.1) is 12.7 Å². The Morgan fingerprint density at radius 3 is 2.92 bits per heavy atom. The summed E-state index contributed by atoms with van der Waals surface area (Å²) in [4.78, 5) is 26.0. The maximum absolute atomic E-state index is 13.3. The van der Waals surface area contributed by atoms with Crippen molar-refractivity contribution in [3.63, 3.8) is 0 Å². The molecule has 3 amide bonds. The van der Waals surface area contributed by atoms with Crippen molar-refractivity contribution in [1.82, 2.24) is 20.9 Å². The monoisotopic (exact) mass is 524 g/mol. The molecule has 0 saturated carbocycles. The van der Waals surface area contributed by atoms with Crippen molar-refractivity contribution >= 4 is 23.7 Å². The SMILES string of the molecule is CNCC(CC1CCCCOC1)NC(=O)N1CCCC(C(OCCNC(=O)O)c2cccc(Cl)c2)C1. The summed E-state index contributed by atoms with van der Waals surface area (Å²) in [6.45, 7) is 4.00. The Hall–Kier alpha value is -2.07. The zero-order valence-corrected chi connectivity index (χ0v) is 22.0. The highest BCUT2D eigenvalue weighted by atomic mass is 35.5. The fraction of sp³-hybridized carbons (Fsp3) is 0.692. The third-order valence-corrected chi connectivity index (χ3v) is 7.16. The Balaban J connectivity index is 1.62. The first-order valence-electron chi connectivity index (χ1n) is 13.1. The van der Waals surface area contributed by atoms with Gasteiger partial charge in [-0.05, 0) is 62.8 Å². The molecule has 202 valence electrons. The Bertz CT molecular complexity index is 821. The lowest BCUT2D eigenvalue weighted by Crippen LogP contribution is -2.52. The third-order valence-electron chi connectivity index (χ3n) is 6.93. The number of nitrogens with one attached hydrogen (secondary N) is 3. The van der Waals surface area contributed by atoms with Crippen LogP contribution in [0.15, 0.2) is 24.3 Å². The molecule has 2 aliphatic rings. The Morgan fingerprint density at radius 1 is 1.28 bits per heavy atom. The lowest BCUT2D eigenvalue weighted by Gasteiger charge is -2.38. The van der Waals surface area contributed by atoms with Gasteiger partial charge in [-0.1, -0.05) is 30.2 Å². The predicted molar refractivity (Wildman–Crippen MR) is 139 cm³/mol. The molecular formula is C26H41ClN4O5. The summed E-state index contributed by atoms with van der Waals surface area (Å²) < 4.78 is 11.9.